The van der Waals surface area contributed by atoms with Crippen LogP contribution in [0.15, 0.2) is 42.5 Å². The fraction of sp³-hybridized carbons (Fsp3) is 0.278. The van der Waals surface area contributed by atoms with Gasteiger partial charge >= 0.3 is 0 Å². The quantitative estimate of drug-likeness (QED) is 0.825. The van der Waals surface area contributed by atoms with Crippen molar-refractivity contribution in [3.63, 3.8) is 0 Å². The first-order valence-corrected chi connectivity index (χ1v) is 7.45. The predicted octanol–water partition coefficient (Wildman–Crippen LogP) is 2.72. The summed E-state index contributed by atoms with van der Waals surface area (Å²) < 4.78 is 10.5. The van der Waals surface area contributed by atoms with Gasteiger partial charge in [-0.25, -0.2) is 0 Å². The molecule has 0 saturated heterocycles. The van der Waals surface area contributed by atoms with Crippen LogP contribution in [-0.2, 0) is 6.42 Å². The summed E-state index contributed by atoms with van der Waals surface area (Å²) in [4.78, 5) is 12.2. The molecule has 1 amide bonds. The van der Waals surface area contributed by atoms with Gasteiger partial charge in [-0.3, -0.25) is 4.79 Å². The zero-order valence-electron chi connectivity index (χ0n) is 13.7. The number of benzene rings is 2. The number of nitrogens with one attached hydrogen (secondary N) is 2. The van der Waals surface area contributed by atoms with Crippen molar-refractivity contribution >= 4 is 11.6 Å². The van der Waals surface area contributed by atoms with Gasteiger partial charge in [-0.2, -0.15) is 0 Å². The Morgan fingerprint density at radius 2 is 1.78 bits per heavy atom. The monoisotopic (exact) mass is 314 g/mol. The first kappa shape index (κ1) is 16.7. The Morgan fingerprint density at radius 3 is 2.48 bits per heavy atom. The summed E-state index contributed by atoms with van der Waals surface area (Å²) in [5.41, 5.74) is 2.53. The van der Waals surface area contributed by atoms with Gasteiger partial charge in [0.2, 0.25) is 0 Å². The Kier molecular flexibility index (Phi) is 5.86. The second-order valence-corrected chi connectivity index (χ2v) is 4.99. The molecular weight excluding hydrogens is 292 g/mol. The molecule has 122 valence electrons. The van der Waals surface area contributed by atoms with Gasteiger partial charge in [0.05, 0.1) is 19.8 Å². The van der Waals surface area contributed by atoms with Crippen molar-refractivity contribution in [2.45, 2.75) is 6.42 Å². The van der Waals surface area contributed by atoms with Gasteiger partial charge < -0.3 is 20.1 Å². The number of ether oxygens (including phenoxy) is 2. The molecule has 0 unspecified atom stereocenters. The molecule has 2 aromatic carbocycles. The molecule has 2 N–H and O–H groups in total. The van der Waals surface area contributed by atoms with E-state index in [1.165, 1.54) is 0 Å². The number of hydrogen-bond donors (Lipinski definition) is 2. The van der Waals surface area contributed by atoms with E-state index in [-0.39, 0.29) is 5.91 Å². The van der Waals surface area contributed by atoms with Crippen molar-refractivity contribution in [3.8, 4) is 11.5 Å². The highest BCUT2D eigenvalue weighted by Gasteiger charge is 2.10. The lowest BCUT2D eigenvalue weighted by Gasteiger charge is -2.11. The van der Waals surface area contributed by atoms with Crippen LogP contribution in [0.3, 0.4) is 0 Å². The smallest absolute Gasteiger partial charge is 0.253 e. The molecular formula is C18H22N2O3. The first-order valence-electron chi connectivity index (χ1n) is 7.45. The average molecular weight is 314 g/mol. The minimum Gasteiger partial charge on any atom is -0.493 e. The van der Waals surface area contributed by atoms with Crippen LogP contribution in [0.1, 0.15) is 15.9 Å². The maximum absolute atomic E-state index is 12.2. The van der Waals surface area contributed by atoms with Crippen molar-refractivity contribution in [3.05, 3.63) is 53.6 Å². The zero-order chi connectivity index (χ0) is 16.7. The van der Waals surface area contributed by atoms with Crippen molar-refractivity contribution in [1.29, 1.82) is 0 Å². The molecule has 23 heavy (non-hydrogen) atoms. The highest BCUT2D eigenvalue weighted by atomic mass is 16.5. The minimum absolute atomic E-state index is 0.0876. The van der Waals surface area contributed by atoms with Crippen LogP contribution in [0.2, 0.25) is 0 Å². The molecule has 0 aliphatic heterocycles. The molecule has 0 aromatic heterocycles. The highest BCUT2D eigenvalue weighted by Crippen LogP contribution is 2.27. The topological polar surface area (TPSA) is 59.6 Å². The molecule has 0 atom stereocenters. The summed E-state index contributed by atoms with van der Waals surface area (Å²) in [6.07, 6.45) is 0.716. The number of rotatable bonds is 7. The predicted molar refractivity (Wildman–Crippen MR) is 91.6 cm³/mol. The van der Waals surface area contributed by atoms with Crippen LogP contribution in [0.25, 0.3) is 0 Å². The van der Waals surface area contributed by atoms with E-state index in [0.29, 0.717) is 30.0 Å². The van der Waals surface area contributed by atoms with Gasteiger partial charge in [0.25, 0.3) is 5.91 Å². The lowest BCUT2D eigenvalue weighted by molar-refractivity contribution is 0.0955. The van der Waals surface area contributed by atoms with E-state index in [9.17, 15) is 4.79 Å². The van der Waals surface area contributed by atoms with Gasteiger partial charge in [0, 0.05) is 19.3 Å². The standard InChI is InChI=1S/C18H22N2O3/c1-19-15-7-5-4-6-14(15)18(21)20-11-10-13-8-9-16(22-2)17(12-13)23-3/h4-9,12,19H,10-11H2,1-3H3,(H,20,21). The summed E-state index contributed by atoms with van der Waals surface area (Å²) >= 11 is 0. The minimum atomic E-state index is -0.0876. The Labute approximate surface area is 136 Å². The van der Waals surface area contributed by atoms with E-state index in [1.54, 1.807) is 27.3 Å². The third kappa shape index (κ3) is 4.16. The van der Waals surface area contributed by atoms with E-state index in [4.69, 9.17) is 9.47 Å². The van der Waals surface area contributed by atoms with E-state index in [1.807, 2.05) is 36.4 Å². The molecule has 5 heteroatoms. The van der Waals surface area contributed by atoms with Gasteiger partial charge in [-0.15, -0.1) is 0 Å². The first-order chi connectivity index (χ1) is 11.2. The maximum Gasteiger partial charge on any atom is 0.253 e. The molecule has 0 spiro atoms. The zero-order valence-corrected chi connectivity index (χ0v) is 13.7. The second kappa shape index (κ2) is 8.08. The largest absolute Gasteiger partial charge is 0.493 e. The summed E-state index contributed by atoms with van der Waals surface area (Å²) in [6, 6.07) is 13.2. The fourth-order valence-corrected chi connectivity index (χ4v) is 2.35. The summed E-state index contributed by atoms with van der Waals surface area (Å²) in [6.45, 7) is 0.548. The lowest BCUT2D eigenvalue weighted by atomic mass is 10.1. The molecule has 0 bridgehead atoms. The highest BCUT2D eigenvalue weighted by molar-refractivity contribution is 5.99. The number of carbonyl (C=O) groups is 1. The number of carbonyl (C=O) groups excluding carboxylic acids is 1. The van der Waals surface area contributed by atoms with Gasteiger partial charge in [-0.1, -0.05) is 18.2 Å². The van der Waals surface area contributed by atoms with Crippen molar-refractivity contribution in [1.82, 2.24) is 5.32 Å². The molecule has 0 aliphatic carbocycles. The average Bonchev–Trinajstić information content (AvgIpc) is 2.61. The van der Waals surface area contributed by atoms with Gasteiger partial charge in [0.15, 0.2) is 11.5 Å². The lowest BCUT2D eigenvalue weighted by Crippen LogP contribution is -2.26. The SMILES string of the molecule is CNc1ccccc1C(=O)NCCc1ccc(OC)c(OC)c1. The van der Waals surface area contributed by atoms with Crippen LogP contribution in [0, 0.1) is 0 Å². The molecule has 0 aliphatic rings. The Bertz CT molecular complexity index is 671. The van der Waals surface area contributed by atoms with Gasteiger partial charge in [-0.05, 0) is 36.2 Å². The maximum atomic E-state index is 12.2. The Hall–Kier alpha value is -2.69. The van der Waals surface area contributed by atoms with E-state index in [2.05, 4.69) is 10.6 Å². The van der Waals surface area contributed by atoms with E-state index < -0.39 is 0 Å². The molecule has 0 saturated carbocycles. The van der Waals surface area contributed by atoms with Crippen molar-refractivity contribution in [2.24, 2.45) is 0 Å². The third-order valence-corrected chi connectivity index (χ3v) is 3.59. The Morgan fingerprint density at radius 1 is 1.04 bits per heavy atom. The second-order valence-electron chi connectivity index (χ2n) is 4.99. The number of amides is 1. The molecule has 0 fully saturated rings. The van der Waals surface area contributed by atoms with Crippen molar-refractivity contribution in [2.75, 3.05) is 33.1 Å². The summed E-state index contributed by atoms with van der Waals surface area (Å²) in [5, 5.41) is 5.96. The van der Waals surface area contributed by atoms with Crippen LogP contribution in [0.4, 0.5) is 5.69 Å². The van der Waals surface area contributed by atoms with Gasteiger partial charge in [0.1, 0.15) is 0 Å². The molecule has 5 nitrogen and oxygen atoms in total. The third-order valence-electron chi connectivity index (χ3n) is 3.59. The molecule has 0 heterocycles. The van der Waals surface area contributed by atoms with Crippen LogP contribution in [0.5, 0.6) is 11.5 Å². The number of methoxy groups -OCH3 is 2. The van der Waals surface area contributed by atoms with Crippen LogP contribution < -0.4 is 20.1 Å². The molecule has 2 aromatic rings. The fourth-order valence-electron chi connectivity index (χ4n) is 2.35. The van der Waals surface area contributed by atoms with Crippen LogP contribution >= 0.6 is 0 Å². The Balaban J connectivity index is 1.95. The number of hydrogen-bond acceptors (Lipinski definition) is 4. The van der Waals surface area contributed by atoms with E-state index >= 15 is 0 Å². The van der Waals surface area contributed by atoms with E-state index in [0.717, 1.165) is 11.3 Å². The van der Waals surface area contributed by atoms with Crippen LogP contribution in [-0.4, -0.2) is 33.7 Å². The summed E-state index contributed by atoms with van der Waals surface area (Å²) in [7, 11) is 5.02. The summed E-state index contributed by atoms with van der Waals surface area (Å²) in [5.74, 6) is 1.30. The normalized spacial score (nSPS) is 10.0. The molecule has 2 rings (SSSR count). The molecule has 0 radical (unpaired) electrons. The van der Waals surface area contributed by atoms with Crippen molar-refractivity contribution < 1.29 is 14.3 Å². The number of anilines is 1. The number of para-hydroxylation sites is 1.